The molecule has 0 spiro atoms. The maximum absolute atomic E-state index is 12.1. The predicted molar refractivity (Wildman–Crippen MR) is 64.9 cm³/mol. The molecule has 0 aromatic rings. The van der Waals surface area contributed by atoms with Crippen molar-refractivity contribution >= 4 is 5.91 Å². The molecule has 3 unspecified atom stereocenters. The van der Waals surface area contributed by atoms with Crippen LogP contribution in [0.1, 0.15) is 52.4 Å². The number of hydrogen-bond acceptors (Lipinski definition) is 2. The van der Waals surface area contributed by atoms with Crippen LogP contribution in [0.25, 0.3) is 0 Å². The molecule has 0 aromatic carbocycles. The second-order valence-electron chi connectivity index (χ2n) is 5.86. The molecule has 0 aromatic heterocycles. The van der Waals surface area contributed by atoms with Crippen LogP contribution < -0.4 is 11.1 Å². The van der Waals surface area contributed by atoms with Crippen LogP contribution in [0.5, 0.6) is 0 Å². The van der Waals surface area contributed by atoms with E-state index in [0.717, 1.165) is 38.0 Å². The van der Waals surface area contributed by atoms with Gasteiger partial charge in [-0.25, -0.2) is 0 Å². The SMILES string of the molecule is CC1CCC(NC(=O)C2(N)CCCC2)C1C. The van der Waals surface area contributed by atoms with Crippen LogP contribution in [0.2, 0.25) is 0 Å². The van der Waals surface area contributed by atoms with Crippen LogP contribution in [0, 0.1) is 11.8 Å². The Balaban J connectivity index is 1.92. The Morgan fingerprint density at radius 3 is 2.38 bits per heavy atom. The maximum Gasteiger partial charge on any atom is 0.240 e. The Hall–Kier alpha value is -0.570. The smallest absolute Gasteiger partial charge is 0.240 e. The Morgan fingerprint density at radius 1 is 1.25 bits per heavy atom. The van der Waals surface area contributed by atoms with Gasteiger partial charge in [-0.15, -0.1) is 0 Å². The van der Waals surface area contributed by atoms with E-state index in [2.05, 4.69) is 19.2 Å². The molecule has 1 amide bonds. The average Bonchev–Trinajstić information content (AvgIpc) is 2.81. The highest BCUT2D eigenvalue weighted by atomic mass is 16.2. The van der Waals surface area contributed by atoms with Crippen LogP contribution in [0.3, 0.4) is 0 Å². The number of amides is 1. The normalized spacial score (nSPS) is 37.6. The third kappa shape index (κ3) is 2.10. The van der Waals surface area contributed by atoms with Crippen LogP contribution in [0.4, 0.5) is 0 Å². The zero-order valence-electron chi connectivity index (χ0n) is 10.5. The number of nitrogens with two attached hydrogens (primary N) is 1. The zero-order valence-corrected chi connectivity index (χ0v) is 10.5. The molecule has 0 bridgehead atoms. The summed E-state index contributed by atoms with van der Waals surface area (Å²) in [6.45, 7) is 4.51. The number of carbonyl (C=O) groups is 1. The van der Waals surface area contributed by atoms with E-state index in [1.54, 1.807) is 0 Å². The highest BCUT2D eigenvalue weighted by Crippen LogP contribution is 2.33. The molecule has 3 atom stereocenters. The van der Waals surface area contributed by atoms with Gasteiger partial charge in [-0.1, -0.05) is 26.7 Å². The minimum atomic E-state index is -0.564. The molecular formula is C13H24N2O. The molecule has 2 rings (SSSR count). The van der Waals surface area contributed by atoms with E-state index >= 15 is 0 Å². The minimum Gasteiger partial charge on any atom is -0.351 e. The molecule has 2 aliphatic rings. The Kier molecular flexibility index (Phi) is 3.24. The van der Waals surface area contributed by atoms with Crippen molar-refractivity contribution in [2.75, 3.05) is 0 Å². The lowest BCUT2D eigenvalue weighted by Gasteiger charge is -2.27. The molecule has 3 heteroatoms. The predicted octanol–water partition coefficient (Wildman–Crippen LogP) is 1.81. The first-order valence-electron chi connectivity index (χ1n) is 6.63. The first-order valence-corrected chi connectivity index (χ1v) is 6.63. The second kappa shape index (κ2) is 4.36. The summed E-state index contributed by atoms with van der Waals surface area (Å²) in [5.41, 5.74) is 5.58. The van der Waals surface area contributed by atoms with Crippen molar-refractivity contribution in [1.29, 1.82) is 0 Å². The second-order valence-corrected chi connectivity index (χ2v) is 5.86. The monoisotopic (exact) mass is 224 g/mol. The first-order chi connectivity index (χ1) is 7.53. The van der Waals surface area contributed by atoms with Crippen LogP contribution in [0.15, 0.2) is 0 Å². The molecule has 3 nitrogen and oxygen atoms in total. The van der Waals surface area contributed by atoms with Crippen molar-refractivity contribution in [3.63, 3.8) is 0 Å². The van der Waals surface area contributed by atoms with Gasteiger partial charge in [0.1, 0.15) is 0 Å². The number of hydrogen-bond donors (Lipinski definition) is 2. The summed E-state index contributed by atoms with van der Waals surface area (Å²) in [5.74, 6) is 1.41. The highest BCUT2D eigenvalue weighted by Gasteiger charge is 2.40. The molecule has 0 heterocycles. The highest BCUT2D eigenvalue weighted by molar-refractivity contribution is 5.86. The van der Waals surface area contributed by atoms with Crippen molar-refractivity contribution in [2.45, 2.75) is 64.0 Å². The fourth-order valence-electron chi connectivity index (χ4n) is 3.11. The van der Waals surface area contributed by atoms with E-state index in [0.29, 0.717) is 12.0 Å². The van der Waals surface area contributed by atoms with E-state index in [1.807, 2.05) is 0 Å². The third-order valence-corrected chi connectivity index (χ3v) is 4.73. The first kappa shape index (κ1) is 11.9. The fourth-order valence-corrected chi connectivity index (χ4v) is 3.11. The van der Waals surface area contributed by atoms with Gasteiger partial charge in [-0.2, -0.15) is 0 Å². The molecular weight excluding hydrogens is 200 g/mol. The quantitative estimate of drug-likeness (QED) is 0.751. The maximum atomic E-state index is 12.1. The van der Waals surface area contributed by atoms with Gasteiger partial charge in [0.15, 0.2) is 0 Å². The van der Waals surface area contributed by atoms with Crippen LogP contribution in [-0.2, 0) is 4.79 Å². The Bertz CT molecular complexity index is 271. The van der Waals surface area contributed by atoms with Crippen molar-refractivity contribution in [3.05, 3.63) is 0 Å². The molecule has 0 radical (unpaired) electrons. The summed E-state index contributed by atoms with van der Waals surface area (Å²) in [4.78, 5) is 12.1. The molecule has 2 fully saturated rings. The number of carbonyl (C=O) groups excluding carboxylic acids is 1. The van der Waals surface area contributed by atoms with Gasteiger partial charge in [-0.3, -0.25) is 4.79 Å². The lowest BCUT2D eigenvalue weighted by atomic mass is 9.94. The van der Waals surface area contributed by atoms with Crippen molar-refractivity contribution in [3.8, 4) is 0 Å². The standard InChI is InChI=1S/C13H24N2O/c1-9-5-6-11(10(9)2)15-12(16)13(14)7-3-4-8-13/h9-11H,3-8,14H2,1-2H3,(H,15,16). The van der Waals surface area contributed by atoms with E-state index in [-0.39, 0.29) is 5.91 Å². The summed E-state index contributed by atoms with van der Waals surface area (Å²) in [6, 6.07) is 0.350. The number of rotatable bonds is 2. The molecule has 0 saturated heterocycles. The van der Waals surface area contributed by atoms with Gasteiger partial charge in [0.05, 0.1) is 5.54 Å². The van der Waals surface area contributed by atoms with E-state index in [1.165, 1.54) is 6.42 Å². The van der Waals surface area contributed by atoms with Crippen molar-refractivity contribution in [1.82, 2.24) is 5.32 Å². The molecule has 16 heavy (non-hydrogen) atoms. The zero-order chi connectivity index (χ0) is 11.8. The van der Waals surface area contributed by atoms with Gasteiger partial charge in [0.2, 0.25) is 5.91 Å². The summed E-state index contributed by atoms with van der Waals surface area (Å²) in [5, 5.41) is 3.18. The van der Waals surface area contributed by atoms with Gasteiger partial charge >= 0.3 is 0 Å². The topological polar surface area (TPSA) is 55.1 Å². The third-order valence-electron chi connectivity index (χ3n) is 4.73. The average molecular weight is 224 g/mol. The van der Waals surface area contributed by atoms with Gasteiger partial charge in [0.25, 0.3) is 0 Å². The van der Waals surface area contributed by atoms with Crippen molar-refractivity contribution < 1.29 is 4.79 Å². The van der Waals surface area contributed by atoms with Crippen LogP contribution in [-0.4, -0.2) is 17.5 Å². The van der Waals surface area contributed by atoms with Gasteiger partial charge in [0, 0.05) is 6.04 Å². The Morgan fingerprint density at radius 2 is 1.88 bits per heavy atom. The van der Waals surface area contributed by atoms with Gasteiger partial charge < -0.3 is 11.1 Å². The van der Waals surface area contributed by atoms with Crippen molar-refractivity contribution in [2.24, 2.45) is 17.6 Å². The largest absolute Gasteiger partial charge is 0.351 e. The summed E-state index contributed by atoms with van der Waals surface area (Å²) in [6.07, 6.45) is 6.25. The minimum absolute atomic E-state index is 0.0935. The van der Waals surface area contributed by atoms with E-state index in [9.17, 15) is 4.79 Å². The molecule has 3 N–H and O–H groups in total. The molecule has 2 saturated carbocycles. The lowest BCUT2D eigenvalue weighted by Crippen LogP contribution is -2.55. The fraction of sp³-hybridized carbons (Fsp3) is 0.923. The molecule has 2 aliphatic carbocycles. The van der Waals surface area contributed by atoms with Gasteiger partial charge in [-0.05, 0) is 37.5 Å². The molecule has 92 valence electrons. The summed E-state index contributed by atoms with van der Waals surface area (Å²) >= 11 is 0. The Labute approximate surface area is 98.2 Å². The van der Waals surface area contributed by atoms with E-state index in [4.69, 9.17) is 5.73 Å². The summed E-state index contributed by atoms with van der Waals surface area (Å²) < 4.78 is 0. The summed E-state index contributed by atoms with van der Waals surface area (Å²) in [7, 11) is 0. The number of nitrogens with one attached hydrogen (secondary N) is 1. The van der Waals surface area contributed by atoms with Crippen LogP contribution >= 0.6 is 0 Å². The lowest BCUT2D eigenvalue weighted by molar-refractivity contribution is -0.127. The van der Waals surface area contributed by atoms with E-state index < -0.39 is 5.54 Å². The molecule has 0 aliphatic heterocycles.